The van der Waals surface area contributed by atoms with Gasteiger partial charge in [-0.05, 0) is 12.5 Å². The number of nitrogens with zero attached hydrogens (tertiary/aromatic N) is 2. The van der Waals surface area contributed by atoms with Gasteiger partial charge in [0.2, 0.25) is 0 Å². The lowest BCUT2D eigenvalue weighted by Gasteiger charge is -2.18. The predicted molar refractivity (Wildman–Crippen MR) is 91.3 cm³/mol. The number of aliphatic imine (C=N–C) groups is 1. The standard InChI is InChI=1S/C17H20N4O2/c1-13(14-8-4-3-5-9-14)20-17(18-2)19-12-15-10-6-7-11-16(15)21(22)23/h3-11,13H,12H2,1-2H3,(H2,18,19,20). The molecule has 120 valence electrons. The van der Waals surface area contributed by atoms with Crippen LogP contribution in [0.25, 0.3) is 0 Å². The van der Waals surface area contributed by atoms with E-state index in [2.05, 4.69) is 15.6 Å². The second-order valence-electron chi connectivity index (χ2n) is 5.09. The highest BCUT2D eigenvalue weighted by atomic mass is 16.6. The highest BCUT2D eigenvalue weighted by Gasteiger charge is 2.13. The summed E-state index contributed by atoms with van der Waals surface area (Å²) in [5, 5.41) is 17.4. The first-order valence-electron chi connectivity index (χ1n) is 7.36. The molecule has 6 heteroatoms. The first kappa shape index (κ1) is 16.5. The Labute approximate surface area is 135 Å². The van der Waals surface area contributed by atoms with Crippen molar-refractivity contribution in [3.63, 3.8) is 0 Å². The zero-order chi connectivity index (χ0) is 16.7. The first-order valence-corrected chi connectivity index (χ1v) is 7.36. The van der Waals surface area contributed by atoms with Crippen molar-refractivity contribution in [1.82, 2.24) is 10.6 Å². The van der Waals surface area contributed by atoms with Gasteiger partial charge in [0.1, 0.15) is 0 Å². The molecule has 0 heterocycles. The summed E-state index contributed by atoms with van der Waals surface area (Å²) in [6.07, 6.45) is 0. The Morgan fingerprint density at radius 3 is 2.48 bits per heavy atom. The van der Waals surface area contributed by atoms with Crippen LogP contribution in [0.2, 0.25) is 0 Å². The van der Waals surface area contributed by atoms with Crippen LogP contribution in [0, 0.1) is 10.1 Å². The first-order chi connectivity index (χ1) is 11.1. The summed E-state index contributed by atoms with van der Waals surface area (Å²) < 4.78 is 0. The van der Waals surface area contributed by atoms with Crippen molar-refractivity contribution in [3.8, 4) is 0 Å². The molecule has 2 aromatic rings. The molecule has 2 N–H and O–H groups in total. The molecule has 0 radical (unpaired) electrons. The summed E-state index contributed by atoms with van der Waals surface area (Å²) in [7, 11) is 1.67. The Morgan fingerprint density at radius 1 is 1.17 bits per heavy atom. The van der Waals surface area contributed by atoms with Gasteiger partial charge in [-0.3, -0.25) is 15.1 Å². The SMILES string of the molecule is CN=C(NCc1ccccc1[N+](=O)[O-])NC(C)c1ccccc1. The van der Waals surface area contributed by atoms with Crippen LogP contribution in [-0.2, 0) is 6.54 Å². The van der Waals surface area contributed by atoms with Crippen LogP contribution < -0.4 is 10.6 Å². The number of rotatable bonds is 5. The maximum absolute atomic E-state index is 11.0. The molecule has 0 saturated carbocycles. The number of nitro groups is 1. The van der Waals surface area contributed by atoms with E-state index in [0.29, 0.717) is 18.1 Å². The van der Waals surface area contributed by atoms with Crippen LogP contribution >= 0.6 is 0 Å². The van der Waals surface area contributed by atoms with Crippen molar-refractivity contribution < 1.29 is 4.92 Å². The predicted octanol–water partition coefficient (Wildman–Crippen LogP) is 3.02. The lowest BCUT2D eigenvalue weighted by Crippen LogP contribution is -2.38. The highest BCUT2D eigenvalue weighted by molar-refractivity contribution is 5.80. The summed E-state index contributed by atoms with van der Waals surface area (Å²) in [5.74, 6) is 0.597. The molecule has 0 amide bonds. The number of hydrogen-bond donors (Lipinski definition) is 2. The Balaban J connectivity index is 2.00. The summed E-state index contributed by atoms with van der Waals surface area (Å²) in [6.45, 7) is 2.37. The average molecular weight is 312 g/mol. The number of para-hydroxylation sites is 1. The van der Waals surface area contributed by atoms with E-state index < -0.39 is 0 Å². The second-order valence-corrected chi connectivity index (χ2v) is 5.09. The Bertz CT molecular complexity index is 686. The minimum absolute atomic E-state index is 0.0770. The molecule has 0 aliphatic carbocycles. The molecule has 0 aliphatic heterocycles. The number of benzene rings is 2. The van der Waals surface area contributed by atoms with Crippen LogP contribution in [0.3, 0.4) is 0 Å². The molecule has 1 atom stereocenters. The molecule has 0 aromatic heterocycles. The molecular weight excluding hydrogens is 292 g/mol. The van der Waals surface area contributed by atoms with Crippen LogP contribution in [0.5, 0.6) is 0 Å². The van der Waals surface area contributed by atoms with Gasteiger partial charge in [-0.25, -0.2) is 0 Å². The van der Waals surface area contributed by atoms with E-state index >= 15 is 0 Å². The zero-order valence-corrected chi connectivity index (χ0v) is 13.2. The molecule has 2 rings (SSSR count). The monoisotopic (exact) mass is 312 g/mol. The minimum Gasteiger partial charge on any atom is -0.352 e. The van der Waals surface area contributed by atoms with Crippen molar-refractivity contribution in [2.45, 2.75) is 19.5 Å². The molecular formula is C17H20N4O2. The fourth-order valence-corrected chi connectivity index (χ4v) is 2.24. The van der Waals surface area contributed by atoms with Crippen LogP contribution in [0.15, 0.2) is 59.6 Å². The van der Waals surface area contributed by atoms with Gasteiger partial charge in [0.05, 0.1) is 11.0 Å². The Hall–Kier alpha value is -2.89. The molecule has 23 heavy (non-hydrogen) atoms. The van der Waals surface area contributed by atoms with Gasteiger partial charge in [0, 0.05) is 25.2 Å². The van der Waals surface area contributed by atoms with E-state index in [4.69, 9.17) is 0 Å². The topological polar surface area (TPSA) is 79.6 Å². The lowest BCUT2D eigenvalue weighted by molar-refractivity contribution is -0.385. The Morgan fingerprint density at radius 2 is 1.83 bits per heavy atom. The van der Waals surface area contributed by atoms with Gasteiger partial charge in [-0.15, -0.1) is 0 Å². The van der Waals surface area contributed by atoms with E-state index in [1.807, 2.05) is 37.3 Å². The molecule has 2 aromatic carbocycles. The van der Waals surface area contributed by atoms with Crippen molar-refractivity contribution in [2.24, 2.45) is 4.99 Å². The Kier molecular flexibility index (Phi) is 5.68. The zero-order valence-electron chi connectivity index (χ0n) is 13.2. The van der Waals surface area contributed by atoms with Gasteiger partial charge in [-0.2, -0.15) is 0 Å². The lowest BCUT2D eigenvalue weighted by atomic mass is 10.1. The summed E-state index contributed by atoms with van der Waals surface area (Å²) >= 11 is 0. The van der Waals surface area contributed by atoms with Crippen LogP contribution in [0.1, 0.15) is 24.1 Å². The summed E-state index contributed by atoms with van der Waals surface area (Å²) in [5.41, 5.74) is 1.86. The average Bonchev–Trinajstić information content (AvgIpc) is 2.59. The third-order valence-corrected chi connectivity index (χ3v) is 3.51. The fourth-order valence-electron chi connectivity index (χ4n) is 2.24. The van der Waals surface area contributed by atoms with Gasteiger partial charge in [-0.1, -0.05) is 48.5 Å². The summed E-state index contributed by atoms with van der Waals surface area (Å²) in [4.78, 5) is 14.8. The van der Waals surface area contributed by atoms with E-state index in [1.54, 1.807) is 25.2 Å². The fraction of sp³-hybridized carbons (Fsp3) is 0.235. The summed E-state index contributed by atoms with van der Waals surface area (Å²) in [6, 6.07) is 16.8. The molecule has 6 nitrogen and oxygen atoms in total. The van der Waals surface area contributed by atoms with Crippen molar-refractivity contribution >= 4 is 11.6 Å². The van der Waals surface area contributed by atoms with E-state index in [9.17, 15) is 10.1 Å². The van der Waals surface area contributed by atoms with Gasteiger partial charge >= 0.3 is 0 Å². The molecule has 0 aliphatic rings. The maximum atomic E-state index is 11.0. The number of nitrogens with one attached hydrogen (secondary N) is 2. The van der Waals surface area contributed by atoms with Gasteiger partial charge in [0.25, 0.3) is 5.69 Å². The molecule has 0 spiro atoms. The molecule has 1 unspecified atom stereocenters. The second kappa shape index (κ2) is 7.93. The van der Waals surface area contributed by atoms with E-state index in [-0.39, 0.29) is 16.7 Å². The maximum Gasteiger partial charge on any atom is 0.274 e. The van der Waals surface area contributed by atoms with Crippen molar-refractivity contribution in [3.05, 3.63) is 75.8 Å². The van der Waals surface area contributed by atoms with Gasteiger partial charge < -0.3 is 10.6 Å². The quantitative estimate of drug-likeness (QED) is 0.385. The largest absolute Gasteiger partial charge is 0.352 e. The third-order valence-electron chi connectivity index (χ3n) is 3.51. The number of guanidine groups is 1. The highest BCUT2D eigenvalue weighted by Crippen LogP contribution is 2.17. The van der Waals surface area contributed by atoms with Crippen LogP contribution in [0.4, 0.5) is 5.69 Å². The van der Waals surface area contributed by atoms with E-state index in [0.717, 1.165) is 5.56 Å². The number of nitro benzene ring substituents is 1. The normalized spacial score (nSPS) is 12.5. The molecule has 0 bridgehead atoms. The molecule has 0 saturated heterocycles. The number of hydrogen-bond acceptors (Lipinski definition) is 3. The van der Waals surface area contributed by atoms with Crippen molar-refractivity contribution in [1.29, 1.82) is 0 Å². The van der Waals surface area contributed by atoms with E-state index in [1.165, 1.54) is 6.07 Å². The van der Waals surface area contributed by atoms with Crippen molar-refractivity contribution in [2.75, 3.05) is 7.05 Å². The smallest absolute Gasteiger partial charge is 0.274 e. The van der Waals surface area contributed by atoms with Gasteiger partial charge in [0.15, 0.2) is 5.96 Å². The minimum atomic E-state index is -0.375. The molecule has 0 fully saturated rings. The third kappa shape index (κ3) is 4.54. The van der Waals surface area contributed by atoms with Crippen LogP contribution in [-0.4, -0.2) is 17.9 Å².